The van der Waals surface area contributed by atoms with Gasteiger partial charge in [0.2, 0.25) is 15.9 Å². The Balaban J connectivity index is 1.62. The summed E-state index contributed by atoms with van der Waals surface area (Å²) in [6, 6.07) is 12.7. The van der Waals surface area contributed by atoms with Crippen LogP contribution in [0.25, 0.3) is 0 Å². The molecule has 0 aromatic heterocycles. The minimum Gasteiger partial charge on any atom is -0.465 e. The standard InChI is InChI=1S/C21H23ClN2O5S/c1-3-29-20(26)21(12-13-21)15-4-8-17(9-5-15)23-19(25)14-24(2)30(27,28)18-10-6-16(22)7-11-18/h4-11H,3,12-14H2,1-2H3,(H,23,25). The van der Waals surface area contributed by atoms with Crippen molar-refractivity contribution in [2.75, 3.05) is 25.5 Å². The number of hydrogen-bond donors (Lipinski definition) is 1. The highest BCUT2D eigenvalue weighted by Gasteiger charge is 2.52. The molecule has 0 heterocycles. The highest BCUT2D eigenvalue weighted by Crippen LogP contribution is 2.49. The average Bonchev–Trinajstić information content (AvgIpc) is 3.51. The third kappa shape index (κ3) is 4.66. The van der Waals surface area contributed by atoms with Crippen LogP contribution in [0.15, 0.2) is 53.4 Å². The Morgan fingerprint density at radius 1 is 1.10 bits per heavy atom. The Morgan fingerprint density at radius 3 is 2.23 bits per heavy atom. The first-order chi connectivity index (χ1) is 14.2. The van der Waals surface area contributed by atoms with Crippen LogP contribution in [0.5, 0.6) is 0 Å². The molecule has 7 nitrogen and oxygen atoms in total. The number of carbonyl (C=O) groups excluding carboxylic acids is 2. The molecule has 0 atom stereocenters. The van der Waals surface area contributed by atoms with Crippen LogP contribution in [0.1, 0.15) is 25.3 Å². The number of nitrogens with one attached hydrogen (secondary N) is 1. The summed E-state index contributed by atoms with van der Waals surface area (Å²) >= 11 is 5.79. The van der Waals surface area contributed by atoms with Gasteiger partial charge in [-0.2, -0.15) is 4.31 Å². The zero-order chi connectivity index (χ0) is 21.9. The van der Waals surface area contributed by atoms with Crippen LogP contribution in [0.3, 0.4) is 0 Å². The molecule has 1 saturated carbocycles. The molecule has 1 aliphatic rings. The first-order valence-corrected chi connectivity index (χ1v) is 11.3. The van der Waals surface area contributed by atoms with E-state index in [1.54, 1.807) is 31.2 Å². The van der Waals surface area contributed by atoms with Crippen LogP contribution in [0.2, 0.25) is 5.02 Å². The van der Waals surface area contributed by atoms with Gasteiger partial charge >= 0.3 is 5.97 Å². The first-order valence-electron chi connectivity index (χ1n) is 9.48. The number of ether oxygens (including phenoxy) is 1. The van der Waals surface area contributed by atoms with E-state index in [4.69, 9.17) is 16.3 Å². The van der Waals surface area contributed by atoms with E-state index in [9.17, 15) is 18.0 Å². The number of carbonyl (C=O) groups is 2. The van der Waals surface area contributed by atoms with E-state index in [1.165, 1.54) is 31.3 Å². The summed E-state index contributed by atoms with van der Waals surface area (Å²) in [6.07, 6.45) is 1.48. The number of hydrogen-bond acceptors (Lipinski definition) is 5. The normalized spacial score (nSPS) is 14.9. The van der Waals surface area contributed by atoms with Crippen LogP contribution in [-0.2, 0) is 29.8 Å². The van der Waals surface area contributed by atoms with Gasteiger partial charge in [0.05, 0.1) is 23.5 Å². The fourth-order valence-corrected chi connectivity index (χ4v) is 4.40. The smallest absolute Gasteiger partial charge is 0.316 e. The quantitative estimate of drug-likeness (QED) is 0.623. The molecule has 2 aromatic carbocycles. The number of amides is 1. The minimum atomic E-state index is -3.81. The number of esters is 1. The maximum absolute atomic E-state index is 12.6. The molecule has 3 rings (SSSR count). The van der Waals surface area contributed by atoms with Crippen molar-refractivity contribution in [1.29, 1.82) is 0 Å². The molecule has 160 valence electrons. The van der Waals surface area contributed by atoms with Crippen molar-refractivity contribution in [1.82, 2.24) is 4.31 Å². The summed E-state index contributed by atoms with van der Waals surface area (Å²) < 4.78 is 31.3. The fraction of sp³-hybridized carbons (Fsp3) is 0.333. The minimum absolute atomic E-state index is 0.0558. The number of rotatable bonds is 8. The highest BCUT2D eigenvalue weighted by molar-refractivity contribution is 7.89. The van der Waals surface area contributed by atoms with Gasteiger partial charge in [-0.05, 0) is 61.7 Å². The predicted molar refractivity (Wildman–Crippen MR) is 114 cm³/mol. The molecule has 1 aliphatic carbocycles. The summed E-state index contributed by atoms with van der Waals surface area (Å²) in [5.41, 5.74) is 0.785. The number of halogens is 1. The van der Waals surface area contributed by atoms with Gasteiger partial charge in [0.25, 0.3) is 0 Å². The first kappa shape index (κ1) is 22.3. The molecular weight excluding hydrogens is 428 g/mol. The molecule has 0 radical (unpaired) electrons. The Labute approximate surface area is 181 Å². The van der Waals surface area contributed by atoms with Crippen LogP contribution in [-0.4, -0.2) is 44.8 Å². The molecular formula is C21H23ClN2O5S. The van der Waals surface area contributed by atoms with Gasteiger partial charge in [-0.15, -0.1) is 0 Å². The maximum atomic E-state index is 12.6. The zero-order valence-electron chi connectivity index (χ0n) is 16.7. The van der Waals surface area contributed by atoms with Gasteiger partial charge in [0.15, 0.2) is 0 Å². The number of anilines is 1. The topological polar surface area (TPSA) is 92.8 Å². The molecule has 2 aromatic rings. The van der Waals surface area contributed by atoms with E-state index in [1.807, 2.05) is 0 Å². The average molecular weight is 451 g/mol. The molecule has 30 heavy (non-hydrogen) atoms. The third-order valence-corrected chi connectivity index (χ3v) is 7.10. The molecule has 1 amide bonds. The molecule has 0 aliphatic heterocycles. The van der Waals surface area contributed by atoms with Crippen LogP contribution >= 0.6 is 11.6 Å². The summed E-state index contributed by atoms with van der Waals surface area (Å²) in [6.45, 7) is 1.76. The Kier molecular flexibility index (Phi) is 6.50. The Morgan fingerprint density at radius 2 is 1.70 bits per heavy atom. The van der Waals surface area contributed by atoms with E-state index >= 15 is 0 Å². The molecule has 9 heteroatoms. The second kappa shape index (κ2) is 8.75. The monoisotopic (exact) mass is 450 g/mol. The lowest BCUT2D eigenvalue weighted by molar-refractivity contribution is -0.146. The number of sulfonamides is 1. The van der Waals surface area contributed by atoms with Gasteiger partial charge in [0, 0.05) is 17.8 Å². The van der Waals surface area contributed by atoms with Crippen LogP contribution < -0.4 is 5.32 Å². The molecule has 0 unspecified atom stereocenters. The number of benzene rings is 2. The molecule has 1 N–H and O–H groups in total. The summed E-state index contributed by atoms with van der Waals surface area (Å²) in [5.74, 6) is -0.704. The maximum Gasteiger partial charge on any atom is 0.316 e. The Bertz CT molecular complexity index is 1030. The van der Waals surface area contributed by atoms with Crippen molar-refractivity contribution in [3.05, 3.63) is 59.1 Å². The lowest BCUT2D eigenvalue weighted by Crippen LogP contribution is -2.35. The zero-order valence-corrected chi connectivity index (χ0v) is 18.3. The molecule has 0 spiro atoms. The van der Waals surface area contributed by atoms with Gasteiger partial charge in [-0.1, -0.05) is 23.7 Å². The van der Waals surface area contributed by atoms with Crippen molar-refractivity contribution in [2.24, 2.45) is 0 Å². The largest absolute Gasteiger partial charge is 0.465 e. The number of likely N-dealkylation sites (N-methyl/N-ethyl adjacent to an activating group) is 1. The van der Waals surface area contributed by atoms with Gasteiger partial charge in [-0.25, -0.2) is 8.42 Å². The fourth-order valence-electron chi connectivity index (χ4n) is 3.15. The van der Waals surface area contributed by atoms with Gasteiger partial charge in [-0.3, -0.25) is 9.59 Å². The van der Waals surface area contributed by atoms with E-state index in [-0.39, 0.29) is 17.4 Å². The van der Waals surface area contributed by atoms with Crippen molar-refractivity contribution in [3.8, 4) is 0 Å². The lowest BCUT2D eigenvalue weighted by atomic mass is 9.96. The predicted octanol–water partition coefficient (Wildman–Crippen LogP) is 3.19. The second-order valence-corrected chi connectivity index (χ2v) is 9.62. The van der Waals surface area contributed by atoms with E-state index < -0.39 is 21.3 Å². The number of nitrogens with zero attached hydrogens (tertiary/aromatic N) is 1. The SMILES string of the molecule is CCOC(=O)C1(c2ccc(NC(=O)CN(C)S(=O)(=O)c3ccc(Cl)cc3)cc2)CC1. The second-order valence-electron chi connectivity index (χ2n) is 7.14. The van der Waals surface area contributed by atoms with Gasteiger partial charge < -0.3 is 10.1 Å². The molecule has 0 bridgehead atoms. The summed E-state index contributed by atoms with van der Waals surface area (Å²) in [7, 11) is -2.48. The third-order valence-electron chi connectivity index (χ3n) is 5.03. The van der Waals surface area contributed by atoms with E-state index in [0.717, 1.165) is 22.7 Å². The van der Waals surface area contributed by atoms with Crippen LogP contribution in [0, 0.1) is 0 Å². The van der Waals surface area contributed by atoms with Crippen LogP contribution in [0.4, 0.5) is 5.69 Å². The molecule has 1 fully saturated rings. The van der Waals surface area contributed by atoms with Crippen molar-refractivity contribution >= 4 is 39.2 Å². The van der Waals surface area contributed by atoms with Crippen molar-refractivity contribution in [2.45, 2.75) is 30.1 Å². The Hall–Kier alpha value is -2.42. The lowest BCUT2D eigenvalue weighted by Gasteiger charge is -2.17. The van der Waals surface area contributed by atoms with E-state index in [0.29, 0.717) is 17.3 Å². The summed E-state index contributed by atoms with van der Waals surface area (Å²) in [5, 5.41) is 3.10. The van der Waals surface area contributed by atoms with Gasteiger partial charge in [0.1, 0.15) is 0 Å². The summed E-state index contributed by atoms with van der Waals surface area (Å²) in [4.78, 5) is 24.6. The van der Waals surface area contributed by atoms with Crippen molar-refractivity contribution < 1.29 is 22.7 Å². The highest BCUT2D eigenvalue weighted by atomic mass is 35.5. The van der Waals surface area contributed by atoms with E-state index in [2.05, 4.69) is 5.32 Å². The van der Waals surface area contributed by atoms with Crippen molar-refractivity contribution in [3.63, 3.8) is 0 Å². The molecule has 0 saturated heterocycles.